The average Bonchev–Trinajstić information content (AvgIpc) is 3.61. The number of likely N-dealkylation sites (tertiary alicyclic amines) is 1. The van der Waals surface area contributed by atoms with Crippen LogP contribution in [0.3, 0.4) is 0 Å². The number of thiophene rings is 1. The largest absolute Gasteiger partial charge is 0.481 e. The molecule has 9 heteroatoms. The summed E-state index contributed by atoms with van der Waals surface area (Å²) in [7, 11) is 0. The molecule has 272 valence electrons. The van der Waals surface area contributed by atoms with Crippen molar-refractivity contribution in [3.8, 4) is 11.4 Å². The fourth-order valence-corrected chi connectivity index (χ4v) is 9.24. The predicted octanol–water partition coefficient (Wildman–Crippen LogP) is 8.42. The molecule has 1 saturated heterocycles. The highest BCUT2D eigenvalue weighted by Crippen LogP contribution is 2.44. The monoisotopic (exact) mass is 710 g/mol. The second kappa shape index (κ2) is 15.8. The van der Waals surface area contributed by atoms with Crippen LogP contribution in [0, 0.1) is 29.6 Å². The van der Waals surface area contributed by atoms with E-state index in [1.165, 1.54) is 60.3 Å². The maximum absolute atomic E-state index is 13.5. The molecular weight excluding hydrogens is 657 g/mol. The molecule has 1 saturated carbocycles. The number of amides is 2. The number of carbonyl (C=O) groups is 3. The van der Waals surface area contributed by atoms with Crippen molar-refractivity contribution in [3.05, 3.63) is 75.7 Å². The Morgan fingerprint density at radius 2 is 1.71 bits per heavy atom. The van der Waals surface area contributed by atoms with Crippen molar-refractivity contribution in [2.75, 3.05) is 13.1 Å². The van der Waals surface area contributed by atoms with Crippen LogP contribution in [0.1, 0.15) is 112 Å². The topological polar surface area (TPSA) is 112 Å². The number of nitrogens with zero attached hydrogens (tertiary/aromatic N) is 3. The Labute approximate surface area is 307 Å². The van der Waals surface area contributed by atoms with Crippen LogP contribution in [0.25, 0.3) is 17.0 Å². The second-order valence-corrected chi connectivity index (χ2v) is 17.4. The summed E-state index contributed by atoms with van der Waals surface area (Å²) in [6.07, 6.45) is 17.0. The number of allylic oxidation sites excluding steroid dienone is 2. The molecule has 3 heterocycles. The molecule has 2 fully saturated rings. The second-order valence-electron chi connectivity index (χ2n) is 16.3. The van der Waals surface area contributed by atoms with Gasteiger partial charge in [-0.25, -0.2) is 9.97 Å². The van der Waals surface area contributed by atoms with E-state index in [0.717, 1.165) is 58.1 Å². The van der Waals surface area contributed by atoms with Crippen LogP contribution in [-0.2, 0) is 21.4 Å². The normalized spacial score (nSPS) is 23.2. The van der Waals surface area contributed by atoms with Crippen molar-refractivity contribution >= 4 is 34.7 Å². The number of carbonyl (C=O) groups excluding carboxylic acids is 2. The minimum Gasteiger partial charge on any atom is -0.481 e. The summed E-state index contributed by atoms with van der Waals surface area (Å²) in [4.78, 5) is 50.8. The van der Waals surface area contributed by atoms with E-state index in [4.69, 9.17) is 9.97 Å². The number of aliphatic carboxylic acids is 1. The van der Waals surface area contributed by atoms with Crippen LogP contribution >= 0.6 is 11.3 Å². The van der Waals surface area contributed by atoms with E-state index in [2.05, 4.69) is 46.0 Å². The lowest BCUT2D eigenvalue weighted by Crippen LogP contribution is -2.59. The number of aromatic nitrogens is 2. The van der Waals surface area contributed by atoms with Gasteiger partial charge in [-0.15, -0.1) is 11.3 Å². The lowest BCUT2D eigenvalue weighted by atomic mass is 9.66. The van der Waals surface area contributed by atoms with Crippen molar-refractivity contribution in [2.24, 2.45) is 29.6 Å². The van der Waals surface area contributed by atoms with Crippen LogP contribution in [-0.4, -0.2) is 56.9 Å². The molecule has 6 rings (SSSR count). The molecule has 5 atom stereocenters. The standard InChI is InChI=1S/C42H54N4O4S/c1-6-7-28-12-17-32(20-26(28)2)29-13-15-30(16-14-29)33-22-43-38(44-23-33)31-10-8-27(9-11-31)21-35(40(48)46-24-34(25-46)41(49)50)45-39(47)36-18-19-37(51-36)42(3,4)5/h8-11,15,18-19,22-23,26,28-29,32,34-35H,6-7,12-14,16-17,20-21,24-25H2,1-5H3,(H,45,47)(H,49,50). The first-order valence-corrected chi connectivity index (χ1v) is 19.7. The van der Waals surface area contributed by atoms with E-state index in [1.807, 2.05) is 42.7 Å². The Kier molecular flexibility index (Phi) is 11.4. The highest BCUT2D eigenvalue weighted by atomic mass is 32.1. The first-order chi connectivity index (χ1) is 24.4. The predicted molar refractivity (Wildman–Crippen MR) is 203 cm³/mol. The van der Waals surface area contributed by atoms with Gasteiger partial charge in [0.15, 0.2) is 5.82 Å². The van der Waals surface area contributed by atoms with Gasteiger partial charge in [0.1, 0.15) is 6.04 Å². The van der Waals surface area contributed by atoms with Gasteiger partial charge in [0.05, 0.1) is 10.8 Å². The summed E-state index contributed by atoms with van der Waals surface area (Å²) >= 11 is 1.42. The summed E-state index contributed by atoms with van der Waals surface area (Å²) in [5.74, 6) is 2.02. The number of rotatable bonds is 11. The molecular formula is C42H54N4O4S. The Bertz CT molecular complexity index is 1720. The molecule has 2 aromatic heterocycles. The Morgan fingerprint density at radius 3 is 2.29 bits per heavy atom. The molecule has 51 heavy (non-hydrogen) atoms. The van der Waals surface area contributed by atoms with Crippen LogP contribution in [0.5, 0.6) is 0 Å². The first-order valence-electron chi connectivity index (χ1n) is 18.9. The lowest BCUT2D eigenvalue weighted by molar-refractivity contribution is -0.153. The zero-order chi connectivity index (χ0) is 36.3. The molecule has 1 aliphatic heterocycles. The summed E-state index contributed by atoms with van der Waals surface area (Å²) in [6.45, 7) is 11.4. The van der Waals surface area contributed by atoms with Gasteiger partial charge in [0, 0.05) is 47.9 Å². The van der Waals surface area contributed by atoms with Gasteiger partial charge < -0.3 is 15.3 Å². The molecule has 1 aromatic carbocycles. The minimum atomic E-state index is -0.910. The van der Waals surface area contributed by atoms with E-state index < -0.39 is 17.9 Å². The van der Waals surface area contributed by atoms with Crippen molar-refractivity contribution in [1.29, 1.82) is 0 Å². The fraction of sp³-hybridized carbons (Fsp3) is 0.548. The zero-order valence-corrected chi connectivity index (χ0v) is 31.7. The SMILES string of the molecule is CCCC1CCC(C2CC=C(c3cnc(-c4ccc(CC(NC(=O)c5ccc(C(C)(C)C)s5)C(=O)N5CC(C(=O)O)C5)cc4)nc3)CC2)CC1C. The van der Waals surface area contributed by atoms with E-state index in [9.17, 15) is 19.5 Å². The zero-order valence-electron chi connectivity index (χ0n) is 30.9. The third kappa shape index (κ3) is 8.79. The maximum atomic E-state index is 13.5. The first kappa shape index (κ1) is 36.9. The summed E-state index contributed by atoms with van der Waals surface area (Å²) < 4.78 is 0. The highest BCUT2D eigenvalue weighted by Gasteiger charge is 2.39. The Balaban J connectivity index is 1.08. The van der Waals surface area contributed by atoms with Crippen LogP contribution in [0.2, 0.25) is 0 Å². The molecule has 2 aliphatic carbocycles. The lowest BCUT2D eigenvalue weighted by Gasteiger charge is -2.39. The fourth-order valence-electron chi connectivity index (χ4n) is 8.27. The summed E-state index contributed by atoms with van der Waals surface area (Å²) in [5, 5.41) is 12.3. The molecule has 0 radical (unpaired) electrons. The van der Waals surface area contributed by atoms with Gasteiger partial charge in [0.25, 0.3) is 5.91 Å². The van der Waals surface area contributed by atoms with Crippen LogP contribution in [0.4, 0.5) is 0 Å². The van der Waals surface area contributed by atoms with E-state index in [1.54, 1.807) is 6.07 Å². The molecule has 5 unspecified atom stereocenters. The van der Waals surface area contributed by atoms with E-state index in [-0.39, 0.29) is 36.7 Å². The van der Waals surface area contributed by atoms with Crippen LogP contribution in [0.15, 0.2) is 54.9 Å². The molecule has 3 aliphatic rings. The number of nitrogens with one attached hydrogen (secondary N) is 1. The van der Waals surface area contributed by atoms with Crippen LogP contribution < -0.4 is 5.32 Å². The molecule has 8 nitrogen and oxygen atoms in total. The number of carboxylic acids is 1. The van der Waals surface area contributed by atoms with Gasteiger partial charge >= 0.3 is 5.97 Å². The number of hydrogen-bond acceptors (Lipinski definition) is 6. The Morgan fingerprint density at radius 1 is 0.980 bits per heavy atom. The van der Waals surface area contributed by atoms with Gasteiger partial charge in [-0.2, -0.15) is 0 Å². The van der Waals surface area contributed by atoms with Gasteiger partial charge in [-0.05, 0) is 90.9 Å². The summed E-state index contributed by atoms with van der Waals surface area (Å²) in [5.41, 5.74) is 4.12. The maximum Gasteiger partial charge on any atom is 0.310 e. The van der Waals surface area contributed by atoms with E-state index >= 15 is 0 Å². The highest BCUT2D eigenvalue weighted by molar-refractivity contribution is 7.14. The third-order valence-electron chi connectivity index (χ3n) is 11.6. The molecule has 0 bridgehead atoms. The Hall–Kier alpha value is -3.85. The number of benzene rings is 1. The molecule has 2 amide bonds. The van der Waals surface area contributed by atoms with Crippen molar-refractivity contribution in [2.45, 2.75) is 104 Å². The minimum absolute atomic E-state index is 0.0872. The van der Waals surface area contributed by atoms with Gasteiger partial charge in [-0.1, -0.05) is 77.8 Å². The quantitative estimate of drug-likeness (QED) is 0.207. The molecule has 0 spiro atoms. The molecule has 3 aromatic rings. The third-order valence-corrected chi connectivity index (χ3v) is 13.1. The van der Waals surface area contributed by atoms with E-state index in [0.29, 0.717) is 10.7 Å². The number of carboxylic acid groups (broad SMARTS) is 1. The van der Waals surface area contributed by atoms with Crippen molar-refractivity contribution in [1.82, 2.24) is 20.2 Å². The smallest absolute Gasteiger partial charge is 0.310 e. The van der Waals surface area contributed by atoms with Crippen molar-refractivity contribution in [3.63, 3.8) is 0 Å². The number of hydrogen-bond donors (Lipinski definition) is 2. The van der Waals surface area contributed by atoms with Crippen molar-refractivity contribution < 1.29 is 19.5 Å². The summed E-state index contributed by atoms with van der Waals surface area (Å²) in [6, 6.07) is 10.7. The van der Waals surface area contributed by atoms with Gasteiger partial charge in [-0.3, -0.25) is 14.4 Å². The average molecular weight is 711 g/mol. The van der Waals surface area contributed by atoms with Gasteiger partial charge in [0.2, 0.25) is 5.91 Å². The molecule has 2 N–H and O–H groups in total.